The van der Waals surface area contributed by atoms with Crippen LogP contribution in [0.15, 0.2) is 64.0 Å². The van der Waals surface area contributed by atoms with Gasteiger partial charge in [-0.05, 0) is 51.4 Å². The average molecular weight is 476 g/mol. The van der Waals surface area contributed by atoms with Crippen molar-refractivity contribution in [1.82, 2.24) is 9.29 Å². The van der Waals surface area contributed by atoms with E-state index in [9.17, 15) is 13.4 Å². The van der Waals surface area contributed by atoms with Crippen molar-refractivity contribution in [2.24, 2.45) is 0 Å². The Morgan fingerprint density at radius 3 is 2.38 bits per heavy atom. The number of ketones is 1. The number of nitrogens with one attached hydrogen (secondary N) is 1. The highest BCUT2D eigenvalue weighted by Crippen LogP contribution is 2.30. The Labute approximate surface area is 179 Å². The van der Waals surface area contributed by atoms with E-state index in [2.05, 4.69) is 27.8 Å². The number of rotatable bonds is 4. The first-order valence-corrected chi connectivity index (χ1v) is 10.4. The van der Waals surface area contributed by atoms with Crippen LogP contribution < -0.4 is 5.32 Å². The normalized spacial score (nSPS) is 11.3. The summed E-state index contributed by atoms with van der Waals surface area (Å²) < 4.78 is 29.2. The second-order valence-corrected chi connectivity index (χ2v) is 8.38. The van der Waals surface area contributed by atoms with E-state index in [0.717, 1.165) is 5.56 Å². The number of nitrogens with zero attached hydrogens (tertiary/aromatic N) is 2. The molecule has 1 unspecified atom stereocenters. The van der Waals surface area contributed by atoms with Gasteiger partial charge in [0.25, 0.3) is 0 Å². The Kier molecular flexibility index (Phi) is 7.62. The average Bonchev–Trinajstić information content (AvgIpc) is 3.07. The number of nitriles is 1. The van der Waals surface area contributed by atoms with Gasteiger partial charge in [0.1, 0.15) is 17.6 Å². The van der Waals surface area contributed by atoms with Crippen LogP contribution in [0.3, 0.4) is 0 Å². The van der Waals surface area contributed by atoms with Gasteiger partial charge in [0, 0.05) is 9.86 Å². The second-order valence-electron chi connectivity index (χ2n) is 6.13. The van der Waals surface area contributed by atoms with E-state index in [1.54, 1.807) is 36.4 Å². The lowest BCUT2D eigenvalue weighted by Gasteiger charge is -2.10. The van der Waals surface area contributed by atoms with Gasteiger partial charge in [0.2, 0.25) is 5.78 Å². The lowest BCUT2D eigenvalue weighted by atomic mass is 10.1. The molecule has 3 rings (SSSR count). The molecule has 1 N–H and O–H groups in total. The van der Waals surface area contributed by atoms with E-state index in [1.807, 2.05) is 21.0 Å². The van der Waals surface area contributed by atoms with Gasteiger partial charge in [0.15, 0.2) is 11.0 Å². The highest BCUT2D eigenvalue weighted by molar-refractivity contribution is 9.10. The summed E-state index contributed by atoms with van der Waals surface area (Å²) in [6, 6.07) is 12.8. The summed E-state index contributed by atoms with van der Waals surface area (Å²) in [5.41, 5.74) is 0.910. The third-order valence-corrected chi connectivity index (χ3v) is 5.68. The molecule has 0 radical (unpaired) electrons. The van der Waals surface area contributed by atoms with E-state index >= 15 is 0 Å². The Morgan fingerprint density at radius 1 is 1.24 bits per heavy atom. The third kappa shape index (κ3) is 4.88. The van der Waals surface area contributed by atoms with Gasteiger partial charge in [-0.1, -0.05) is 40.2 Å². The van der Waals surface area contributed by atoms with E-state index in [-0.39, 0.29) is 22.2 Å². The fourth-order valence-electron chi connectivity index (χ4n) is 2.51. The van der Waals surface area contributed by atoms with Gasteiger partial charge < -0.3 is 5.32 Å². The number of aromatic nitrogens is 1. The van der Waals surface area contributed by atoms with Crippen molar-refractivity contribution in [2.45, 2.75) is 11.8 Å². The van der Waals surface area contributed by atoms with Crippen LogP contribution in [-0.2, 0) is 11.0 Å². The minimum Gasteiger partial charge on any atom is -0.323 e. The first kappa shape index (κ1) is 22.7. The molecule has 1 aromatic heterocycles. The van der Waals surface area contributed by atoms with Crippen LogP contribution in [0.1, 0.15) is 16.1 Å². The summed E-state index contributed by atoms with van der Waals surface area (Å²) in [5.74, 6) is -1.26. The van der Waals surface area contributed by atoms with Crippen LogP contribution in [-0.4, -0.2) is 28.1 Å². The number of halogens is 2. The van der Waals surface area contributed by atoms with Crippen molar-refractivity contribution in [3.63, 3.8) is 0 Å². The molecule has 0 aliphatic heterocycles. The minimum absolute atomic E-state index is 0.0533. The maximum absolute atomic E-state index is 14.4. The van der Waals surface area contributed by atoms with Crippen LogP contribution in [0.5, 0.6) is 0 Å². The molecular weight excluding hydrogens is 457 g/mol. The van der Waals surface area contributed by atoms with Gasteiger partial charge in [-0.2, -0.15) is 5.26 Å². The topological polar surface area (TPSA) is 74.9 Å². The molecule has 2 aromatic carbocycles. The van der Waals surface area contributed by atoms with Crippen molar-refractivity contribution >= 4 is 43.6 Å². The van der Waals surface area contributed by atoms with Crippen molar-refractivity contribution in [2.75, 3.05) is 14.1 Å². The van der Waals surface area contributed by atoms with Gasteiger partial charge >= 0.3 is 0 Å². The highest BCUT2D eigenvalue weighted by Gasteiger charge is 2.24. The number of benzene rings is 2. The van der Waals surface area contributed by atoms with E-state index in [1.165, 1.54) is 16.1 Å². The highest BCUT2D eigenvalue weighted by atomic mass is 79.9. The van der Waals surface area contributed by atoms with Crippen LogP contribution in [0, 0.1) is 24.1 Å². The summed E-state index contributed by atoms with van der Waals surface area (Å²) in [6.45, 7) is 5.32. The van der Waals surface area contributed by atoms with Gasteiger partial charge in [-0.3, -0.25) is 8.77 Å². The number of hydrogen-bond acceptors (Lipinski definition) is 4. The Bertz CT molecular complexity index is 1150. The molecule has 0 saturated carbocycles. The smallest absolute Gasteiger partial charge is 0.220 e. The van der Waals surface area contributed by atoms with E-state index in [0.29, 0.717) is 9.37 Å². The molecule has 0 bridgehead atoms. The second kappa shape index (κ2) is 9.74. The van der Waals surface area contributed by atoms with Crippen molar-refractivity contribution in [3.8, 4) is 6.07 Å². The monoisotopic (exact) mass is 475 g/mol. The lowest BCUT2D eigenvalue weighted by molar-refractivity contribution is 0.103. The first-order valence-electron chi connectivity index (χ1n) is 8.46. The summed E-state index contributed by atoms with van der Waals surface area (Å²) in [6.07, 6.45) is 0. The summed E-state index contributed by atoms with van der Waals surface area (Å²) in [7, 11) is 1.94. The molecule has 0 aliphatic rings. The number of Topliss-reactive ketones (excluding diaryl/α,β-unsaturated/α-hetero) is 1. The molecule has 3 aromatic rings. The zero-order chi connectivity index (χ0) is 21.7. The van der Waals surface area contributed by atoms with E-state index in [4.69, 9.17) is 5.26 Å². The molecule has 0 aliphatic carbocycles. The first-order chi connectivity index (χ1) is 13.7. The van der Waals surface area contributed by atoms with Gasteiger partial charge in [-0.15, -0.1) is 0 Å². The molecular formula is C21H19BrFN3O2S. The summed E-state index contributed by atoms with van der Waals surface area (Å²) in [4.78, 5) is 13.0. The Balaban J connectivity index is 0.000000941. The Morgan fingerprint density at radius 2 is 1.83 bits per heavy atom. The molecule has 0 amide bonds. The molecule has 1 heterocycles. The zero-order valence-corrected chi connectivity index (χ0v) is 18.5. The quantitative estimate of drug-likeness (QED) is 0.342. The predicted molar refractivity (Wildman–Crippen MR) is 117 cm³/mol. The number of carbonyl (C=O) groups excluding carboxylic acids is 1. The lowest BCUT2D eigenvalue weighted by Crippen LogP contribution is -2.14. The van der Waals surface area contributed by atoms with Crippen molar-refractivity contribution < 1.29 is 13.4 Å². The minimum atomic E-state index is -1.81. The van der Waals surface area contributed by atoms with Crippen molar-refractivity contribution in [3.05, 3.63) is 76.2 Å². The Hall–Kier alpha value is -2.60. The number of aryl methyl sites for hydroxylation is 1. The van der Waals surface area contributed by atoms with Crippen molar-refractivity contribution in [1.29, 1.82) is 5.26 Å². The third-order valence-electron chi connectivity index (χ3n) is 3.82. The molecule has 1 atom stereocenters. The maximum Gasteiger partial charge on any atom is 0.220 e. The summed E-state index contributed by atoms with van der Waals surface area (Å²) in [5, 5.41) is 11.9. The zero-order valence-electron chi connectivity index (χ0n) is 16.1. The van der Waals surface area contributed by atoms with E-state index < -0.39 is 22.6 Å². The molecule has 0 fully saturated rings. The fraction of sp³-hybridized carbons (Fsp3) is 0.143. The molecule has 0 saturated heterocycles. The molecule has 29 heavy (non-hydrogen) atoms. The van der Waals surface area contributed by atoms with Crippen LogP contribution >= 0.6 is 15.9 Å². The largest absolute Gasteiger partial charge is 0.323 e. The number of fused-ring (bicyclic) bond motifs is 1. The SMILES string of the molecule is C=C(C#N)C(=O)c1cc2c(F)cc(Br)cc2n1S(=O)c1ccc(C)cc1.CNC. The molecule has 5 nitrogen and oxygen atoms in total. The van der Waals surface area contributed by atoms with Crippen LogP contribution in [0.4, 0.5) is 4.39 Å². The number of allylic oxidation sites excluding steroid dienone is 1. The number of hydrogen-bond donors (Lipinski definition) is 1. The van der Waals surface area contributed by atoms with Crippen LogP contribution in [0.25, 0.3) is 10.9 Å². The van der Waals surface area contributed by atoms with Gasteiger partial charge in [-0.25, -0.2) is 8.60 Å². The van der Waals surface area contributed by atoms with Crippen LogP contribution in [0.2, 0.25) is 0 Å². The van der Waals surface area contributed by atoms with Gasteiger partial charge in [0.05, 0.1) is 16.0 Å². The fourth-order valence-corrected chi connectivity index (χ4v) is 4.15. The molecule has 8 heteroatoms. The maximum atomic E-state index is 14.4. The summed E-state index contributed by atoms with van der Waals surface area (Å²) >= 11 is 3.21. The standard InChI is InChI=1S/C19H12BrFN2O2S.C2H7N/c1-11-3-5-14(6-4-11)26(25)23-17-8-13(20)7-16(21)15(17)9-18(23)19(24)12(2)10-22;1-3-2/h3-9H,2H2,1H3;3H,1-2H3. The predicted octanol–water partition coefficient (Wildman–Crippen LogP) is 4.52. The molecule has 150 valence electrons. The molecule has 0 spiro atoms. The number of carbonyl (C=O) groups is 1.